The first-order chi connectivity index (χ1) is 9.87. The highest BCUT2D eigenvalue weighted by Gasteiger charge is 2.65. The fourth-order valence-electron chi connectivity index (χ4n) is 1.51. The Bertz CT molecular complexity index is 561. The second kappa shape index (κ2) is 5.86. The molecule has 10 heteroatoms. The van der Waals surface area contributed by atoms with Gasteiger partial charge < -0.3 is 9.47 Å². The van der Waals surface area contributed by atoms with E-state index in [1.807, 2.05) is 0 Å². The van der Waals surface area contributed by atoms with Gasteiger partial charge in [0.15, 0.2) is 5.78 Å². The molecule has 0 aromatic heterocycles. The van der Waals surface area contributed by atoms with E-state index in [1.165, 1.54) is 7.11 Å². The van der Waals surface area contributed by atoms with E-state index in [0.717, 1.165) is 6.07 Å². The Morgan fingerprint density at radius 3 is 2.27 bits per heavy atom. The van der Waals surface area contributed by atoms with E-state index in [0.29, 0.717) is 6.42 Å². The van der Waals surface area contributed by atoms with Gasteiger partial charge in [0.2, 0.25) is 0 Å². The van der Waals surface area contributed by atoms with Gasteiger partial charge in [-0.05, 0) is 12.1 Å². The number of ether oxygens (including phenoxy) is 2. The summed E-state index contributed by atoms with van der Waals surface area (Å²) in [5, 5.41) is 0. The van der Waals surface area contributed by atoms with Crippen molar-refractivity contribution in [3.8, 4) is 5.75 Å². The van der Waals surface area contributed by atoms with Crippen molar-refractivity contribution in [2.24, 2.45) is 0 Å². The number of alkyl halides is 1. The van der Waals surface area contributed by atoms with Crippen LogP contribution in [0.5, 0.6) is 5.75 Å². The van der Waals surface area contributed by atoms with Gasteiger partial charge in [-0.25, -0.2) is 0 Å². The summed E-state index contributed by atoms with van der Waals surface area (Å²) in [6, 6.07) is 1.22. The van der Waals surface area contributed by atoms with Crippen LogP contribution in [0.4, 0.5) is 19.4 Å². The molecule has 3 nitrogen and oxygen atoms in total. The Morgan fingerprint density at radius 1 is 1.14 bits per heavy atom. The molecule has 0 heterocycles. The maximum Gasteiger partial charge on any atom is 0.310 e. The first-order valence-corrected chi connectivity index (χ1v) is 8.46. The highest BCUT2D eigenvalue weighted by Crippen LogP contribution is 3.02. The van der Waals surface area contributed by atoms with Gasteiger partial charge in [0, 0.05) is 31.8 Å². The minimum atomic E-state index is -9.92. The number of carbonyl (C=O) groups excluding carboxylic acids is 1. The lowest BCUT2D eigenvalue weighted by molar-refractivity contribution is 0.102. The molecule has 0 aliphatic rings. The molecule has 0 atom stereocenters. The van der Waals surface area contributed by atoms with Crippen LogP contribution in [-0.2, 0) is 4.74 Å². The molecule has 1 rings (SSSR count). The van der Waals surface area contributed by atoms with Gasteiger partial charge in [-0.2, -0.15) is 0 Å². The van der Waals surface area contributed by atoms with E-state index in [4.69, 9.17) is 21.1 Å². The van der Waals surface area contributed by atoms with Crippen LogP contribution in [0.3, 0.4) is 0 Å². The number of Topliss-reactive ketones (excluding diaryl/α,β-unsaturated/α-hetero) is 1. The average Bonchev–Trinajstić information content (AvgIpc) is 2.40. The monoisotopic (exact) mass is 368 g/mol. The molecule has 0 fully saturated rings. The summed E-state index contributed by atoms with van der Waals surface area (Å²) in [6.07, 6.45) is 0.343. The summed E-state index contributed by atoms with van der Waals surface area (Å²) in [5.41, 5.74) is -0.581. The molecule has 1 aromatic rings. The molecule has 22 heavy (non-hydrogen) atoms. The van der Waals surface area contributed by atoms with Crippen LogP contribution in [0, 0.1) is 0 Å². The van der Waals surface area contributed by atoms with Crippen molar-refractivity contribution in [3.05, 3.63) is 23.8 Å². The van der Waals surface area contributed by atoms with E-state index in [2.05, 4.69) is 0 Å². The summed E-state index contributed by atoms with van der Waals surface area (Å²) >= 11 is 5.25. The van der Waals surface area contributed by atoms with E-state index < -0.39 is 38.1 Å². The van der Waals surface area contributed by atoms with E-state index in [-0.39, 0.29) is 25.3 Å². The topological polar surface area (TPSA) is 35.5 Å². The lowest BCUT2D eigenvalue weighted by Gasteiger charge is -2.40. The van der Waals surface area contributed by atoms with Crippen molar-refractivity contribution < 1.29 is 33.7 Å². The van der Waals surface area contributed by atoms with E-state index >= 15 is 0 Å². The zero-order valence-electron chi connectivity index (χ0n) is 11.5. The first kappa shape index (κ1) is 19.0. The quantitative estimate of drug-likeness (QED) is 0.274. The molecule has 0 aliphatic carbocycles. The molecule has 0 radical (unpaired) electrons. The summed E-state index contributed by atoms with van der Waals surface area (Å²) in [7, 11) is -8.50. The SMILES string of the molecule is COCCCOc1cc(C(=O)CCl)cc(S(F)(F)(F)(F)F)c1. The predicted octanol–water partition coefficient (Wildman–Crippen LogP) is 5.18. The Labute approximate surface area is 129 Å². The maximum absolute atomic E-state index is 12.9. The van der Waals surface area contributed by atoms with Crippen molar-refractivity contribution >= 4 is 27.6 Å². The number of hydrogen-bond donors (Lipinski definition) is 0. The number of rotatable bonds is 8. The number of methoxy groups -OCH3 is 1. The predicted molar refractivity (Wildman–Crippen MR) is 74.9 cm³/mol. The van der Waals surface area contributed by atoms with Crippen LogP contribution in [0.15, 0.2) is 23.1 Å². The summed E-state index contributed by atoms with van der Waals surface area (Å²) in [6.45, 7) is 0.237. The lowest BCUT2D eigenvalue weighted by Crippen LogP contribution is -2.10. The third-order valence-corrected chi connectivity index (χ3v) is 3.90. The van der Waals surface area contributed by atoms with Crippen molar-refractivity contribution in [3.63, 3.8) is 0 Å². The van der Waals surface area contributed by atoms with Crippen LogP contribution in [0.1, 0.15) is 16.8 Å². The van der Waals surface area contributed by atoms with Gasteiger partial charge in [0.1, 0.15) is 10.6 Å². The first-order valence-electron chi connectivity index (χ1n) is 5.97. The lowest BCUT2D eigenvalue weighted by atomic mass is 10.1. The summed E-state index contributed by atoms with van der Waals surface area (Å²) in [4.78, 5) is 9.24. The van der Waals surface area contributed by atoms with Crippen molar-refractivity contribution in [1.82, 2.24) is 0 Å². The molecule has 1 aromatic carbocycles. The number of benzene rings is 1. The van der Waals surface area contributed by atoms with Gasteiger partial charge in [0.05, 0.1) is 12.5 Å². The molecular weight excluding hydrogens is 355 g/mol. The zero-order chi connectivity index (χ0) is 17.1. The third kappa shape index (κ3) is 5.62. The summed E-state index contributed by atoms with van der Waals surface area (Å²) in [5.74, 6) is -2.02. The Kier molecular flexibility index (Phi) is 5.06. The van der Waals surface area contributed by atoms with E-state index in [9.17, 15) is 24.2 Å². The average molecular weight is 369 g/mol. The highest BCUT2D eigenvalue weighted by molar-refractivity contribution is 8.45. The standard InChI is InChI=1S/C12H14ClF5O3S/c1-20-3-2-4-21-10-5-9(12(19)8-13)6-11(7-10)22(14,15,16,17)18/h5-7H,2-4,8H2,1H3. The van der Waals surface area contributed by atoms with Crippen molar-refractivity contribution in [2.45, 2.75) is 11.3 Å². The molecule has 0 N–H and O–H groups in total. The minimum Gasteiger partial charge on any atom is -0.493 e. The molecule has 0 spiro atoms. The van der Waals surface area contributed by atoms with Crippen LogP contribution in [0.2, 0.25) is 0 Å². The minimum absolute atomic E-state index is 0.0495. The fourth-order valence-corrected chi connectivity index (χ4v) is 2.35. The molecular formula is C12H14ClF5O3S. The van der Waals surface area contributed by atoms with Gasteiger partial charge in [-0.15, -0.1) is 11.6 Å². The molecule has 0 unspecified atom stereocenters. The molecule has 0 saturated carbocycles. The van der Waals surface area contributed by atoms with Crippen LogP contribution in [0.25, 0.3) is 0 Å². The van der Waals surface area contributed by atoms with Crippen molar-refractivity contribution in [1.29, 1.82) is 0 Å². The van der Waals surface area contributed by atoms with Gasteiger partial charge in [0.25, 0.3) is 0 Å². The van der Waals surface area contributed by atoms with E-state index in [1.54, 1.807) is 0 Å². The smallest absolute Gasteiger partial charge is 0.310 e. The van der Waals surface area contributed by atoms with Gasteiger partial charge in [-0.1, -0.05) is 19.4 Å². The van der Waals surface area contributed by atoms with Crippen LogP contribution >= 0.6 is 21.8 Å². The Balaban J connectivity index is 3.21. The molecule has 0 aliphatic heterocycles. The number of hydrogen-bond acceptors (Lipinski definition) is 3. The highest BCUT2D eigenvalue weighted by atomic mass is 35.5. The number of halogens is 6. The summed E-state index contributed by atoms with van der Waals surface area (Å²) < 4.78 is 74.2. The molecule has 0 bridgehead atoms. The Hall–Kier alpha value is -1.06. The molecule has 0 saturated heterocycles. The van der Waals surface area contributed by atoms with Crippen molar-refractivity contribution in [2.75, 3.05) is 26.2 Å². The second-order valence-corrected chi connectivity index (χ2v) is 7.09. The number of carbonyl (C=O) groups is 1. The number of ketones is 1. The van der Waals surface area contributed by atoms with Gasteiger partial charge >= 0.3 is 10.2 Å². The maximum atomic E-state index is 12.9. The van der Waals surface area contributed by atoms with Crippen LogP contribution < -0.4 is 4.74 Å². The largest absolute Gasteiger partial charge is 0.493 e. The van der Waals surface area contributed by atoms with Gasteiger partial charge in [-0.3, -0.25) is 4.79 Å². The normalized spacial score (nSPS) is 15.0. The third-order valence-electron chi connectivity index (χ3n) is 2.53. The molecule has 128 valence electrons. The fraction of sp³-hybridized carbons (Fsp3) is 0.417. The zero-order valence-corrected chi connectivity index (χ0v) is 13.0. The Morgan fingerprint density at radius 2 is 1.77 bits per heavy atom. The van der Waals surface area contributed by atoms with Crippen LogP contribution in [-0.4, -0.2) is 32.0 Å². The molecule has 0 amide bonds. The second-order valence-electron chi connectivity index (χ2n) is 4.41.